The molecule has 63 heavy (non-hydrogen) atoms. The van der Waals surface area contributed by atoms with Crippen molar-refractivity contribution in [1.29, 1.82) is 0 Å². The van der Waals surface area contributed by atoms with Gasteiger partial charge in [-0.15, -0.1) is 0 Å². The van der Waals surface area contributed by atoms with Crippen LogP contribution in [0.3, 0.4) is 0 Å². The van der Waals surface area contributed by atoms with Crippen LogP contribution in [0.15, 0.2) is 12.2 Å². The average molecular weight is 914 g/mol. The standard InChI is InChI=1S/C53H104NO8P/c1-3-5-7-9-11-13-15-17-19-21-23-24-25-26-28-30-32-34-36-38-40-42-44-46-53(56)62-51(50-61-63(57,58)60-48-47-54)49-59-52(55)45-43-41-39-37-35-33-31-29-27-22-20-18-16-14-12-10-8-6-4-2/h18,20,51H,3-17,19,21-50,54H2,1-2H3,(H,57,58)/b20-18+/t51-/m1/s1. The molecule has 0 amide bonds. The van der Waals surface area contributed by atoms with Crippen molar-refractivity contribution in [3.8, 4) is 0 Å². The second-order valence-corrected chi connectivity index (χ2v) is 19.9. The summed E-state index contributed by atoms with van der Waals surface area (Å²) in [4.78, 5) is 35.1. The fourth-order valence-corrected chi connectivity index (χ4v) is 8.87. The van der Waals surface area contributed by atoms with Gasteiger partial charge in [-0.2, -0.15) is 0 Å². The first kappa shape index (κ1) is 61.8. The number of unbranched alkanes of at least 4 members (excludes halogenated alkanes) is 37. The number of phosphoric acid groups is 1. The molecule has 0 heterocycles. The third-order valence-electron chi connectivity index (χ3n) is 12.2. The zero-order chi connectivity index (χ0) is 46.0. The highest BCUT2D eigenvalue weighted by Crippen LogP contribution is 2.43. The third-order valence-corrected chi connectivity index (χ3v) is 13.1. The van der Waals surface area contributed by atoms with Gasteiger partial charge in [0.1, 0.15) is 6.61 Å². The molecule has 0 aromatic rings. The van der Waals surface area contributed by atoms with E-state index in [4.69, 9.17) is 24.3 Å². The van der Waals surface area contributed by atoms with Crippen molar-refractivity contribution in [2.75, 3.05) is 26.4 Å². The van der Waals surface area contributed by atoms with E-state index in [2.05, 4.69) is 26.0 Å². The molecule has 9 nitrogen and oxygen atoms in total. The summed E-state index contributed by atoms with van der Waals surface area (Å²) in [6, 6.07) is 0. The van der Waals surface area contributed by atoms with E-state index in [0.29, 0.717) is 6.42 Å². The largest absolute Gasteiger partial charge is 0.472 e. The van der Waals surface area contributed by atoms with E-state index >= 15 is 0 Å². The highest BCUT2D eigenvalue weighted by Gasteiger charge is 2.26. The van der Waals surface area contributed by atoms with Crippen LogP contribution in [-0.4, -0.2) is 49.3 Å². The van der Waals surface area contributed by atoms with Gasteiger partial charge < -0.3 is 20.1 Å². The lowest BCUT2D eigenvalue weighted by atomic mass is 10.0. The van der Waals surface area contributed by atoms with Crippen LogP contribution >= 0.6 is 7.82 Å². The summed E-state index contributed by atoms with van der Waals surface area (Å²) in [7, 11) is -4.38. The molecule has 0 spiro atoms. The number of phosphoric ester groups is 1. The van der Waals surface area contributed by atoms with Gasteiger partial charge in [-0.05, 0) is 38.5 Å². The molecule has 0 bridgehead atoms. The molecule has 374 valence electrons. The summed E-state index contributed by atoms with van der Waals surface area (Å²) < 4.78 is 33.0. The minimum Gasteiger partial charge on any atom is -0.462 e. The number of hydrogen-bond acceptors (Lipinski definition) is 8. The van der Waals surface area contributed by atoms with E-state index in [1.54, 1.807) is 0 Å². The van der Waals surface area contributed by atoms with Crippen LogP contribution in [0.25, 0.3) is 0 Å². The molecule has 0 saturated carbocycles. The topological polar surface area (TPSA) is 134 Å². The molecular weight excluding hydrogens is 810 g/mol. The fourth-order valence-electron chi connectivity index (χ4n) is 8.10. The molecule has 0 fully saturated rings. The summed E-state index contributed by atoms with van der Waals surface area (Å²) in [6.45, 7) is 3.79. The lowest BCUT2D eigenvalue weighted by Crippen LogP contribution is -2.29. The average Bonchev–Trinajstić information content (AvgIpc) is 3.27. The van der Waals surface area contributed by atoms with Crippen LogP contribution in [0.4, 0.5) is 0 Å². The predicted molar refractivity (Wildman–Crippen MR) is 266 cm³/mol. The molecule has 10 heteroatoms. The van der Waals surface area contributed by atoms with Gasteiger partial charge in [0.2, 0.25) is 0 Å². The van der Waals surface area contributed by atoms with Gasteiger partial charge in [0.15, 0.2) is 6.10 Å². The lowest BCUT2D eigenvalue weighted by Gasteiger charge is -2.19. The van der Waals surface area contributed by atoms with E-state index in [1.165, 1.54) is 218 Å². The molecule has 0 aromatic carbocycles. The molecule has 2 atom stereocenters. The predicted octanol–water partition coefficient (Wildman–Crippen LogP) is 16.5. The van der Waals surface area contributed by atoms with Gasteiger partial charge in [-0.25, -0.2) is 4.57 Å². The van der Waals surface area contributed by atoms with Crippen molar-refractivity contribution in [2.45, 2.75) is 290 Å². The van der Waals surface area contributed by atoms with Gasteiger partial charge in [0.05, 0.1) is 13.2 Å². The Labute approximate surface area is 389 Å². The van der Waals surface area contributed by atoms with E-state index in [-0.39, 0.29) is 38.6 Å². The van der Waals surface area contributed by atoms with E-state index in [1.807, 2.05) is 0 Å². The highest BCUT2D eigenvalue weighted by atomic mass is 31.2. The minimum atomic E-state index is -4.38. The minimum absolute atomic E-state index is 0.0565. The molecule has 3 N–H and O–H groups in total. The second-order valence-electron chi connectivity index (χ2n) is 18.5. The molecule has 0 aliphatic carbocycles. The highest BCUT2D eigenvalue weighted by molar-refractivity contribution is 7.47. The summed E-state index contributed by atoms with van der Waals surface area (Å²) in [5.74, 6) is -0.812. The van der Waals surface area contributed by atoms with Crippen LogP contribution in [0, 0.1) is 0 Å². The van der Waals surface area contributed by atoms with Crippen molar-refractivity contribution >= 4 is 19.8 Å². The SMILES string of the molecule is CCCCCCCC/C=C/CCCCCCCCCCCC(=O)OC[C@H](COP(=O)(O)OCCN)OC(=O)CCCCCCCCCCCCCCCCCCCCCCCCC. The quantitative estimate of drug-likeness (QED) is 0.0265. The van der Waals surface area contributed by atoms with Crippen molar-refractivity contribution in [3.05, 3.63) is 12.2 Å². The van der Waals surface area contributed by atoms with Crippen molar-refractivity contribution in [3.63, 3.8) is 0 Å². The van der Waals surface area contributed by atoms with Crippen molar-refractivity contribution in [1.82, 2.24) is 0 Å². The molecule has 0 aromatic heterocycles. The van der Waals surface area contributed by atoms with Gasteiger partial charge in [0, 0.05) is 19.4 Å². The molecule has 0 aliphatic rings. The van der Waals surface area contributed by atoms with E-state index in [0.717, 1.165) is 32.1 Å². The number of carbonyl (C=O) groups is 2. The number of ether oxygens (including phenoxy) is 2. The molecule has 0 radical (unpaired) electrons. The Morgan fingerprint density at radius 2 is 0.778 bits per heavy atom. The Kier molecular flexibility index (Phi) is 49.2. The number of esters is 2. The fraction of sp³-hybridized carbons (Fsp3) is 0.925. The molecule has 0 rings (SSSR count). The van der Waals surface area contributed by atoms with E-state index < -0.39 is 26.5 Å². The van der Waals surface area contributed by atoms with Crippen molar-refractivity contribution in [2.24, 2.45) is 5.73 Å². The summed E-state index contributed by atoms with van der Waals surface area (Å²) in [5, 5.41) is 0. The van der Waals surface area contributed by atoms with Gasteiger partial charge in [-0.3, -0.25) is 18.6 Å². The van der Waals surface area contributed by atoms with Gasteiger partial charge in [0.25, 0.3) is 0 Å². The van der Waals surface area contributed by atoms with Crippen molar-refractivity contribution < 1.29 is 37.6 Å². The van der Waals surface area contributed by atoms with Crippen LogP contribution in [-0.2, 0) is 32.7 Å². The van der Waals surface area contributed by atoms with Crippen LogP contribution in [0.5, 0.6) is 0 Å². The van der Waals surface area contributed by atoms with Crippen LogP contribution in [0.2, 0.25) is 0 Å². The lowest BCUT2D eigenvalue weighted by molar-refractivity contribution is -0.161. The Morgan fingerprint density at radius 1 is 0.460 bits per heavy atom. The van der Waals surface area contributed by atoms with Crippen LogP contribution in [0.1, 0.15) is 284 Å². The summed E-state index contributed by atoms with van der Waals surface area (Å²) in [6.07, 6.45) is 55.4. The molecule has 0 aliphatic heterocycles. The zero-order valence-electron chi connectivity index (χ0n) is 41.6. The third kappa shape index (κ3) is 50.0. The number of hydrogen-bond donors (Lipinski definition) is 2. The first-order valence-corrected chi connectivity index (χ1v) is 28.7. The number of nitrogens with two attached hydrogens (primary N) is 1. The number of carbonyl (C=O) groups excluding carboxylic acids is 2. The number of allylic oxidation sites excluding steroid dienone is 2. The first-order chi connectivity index (χ1) is 30.8. The molecular formula is C53H104NO8P. The Morgan fingerprint density at radius 3 is 1.13 bits per heavy atom. The van der Waals surface area contributed by atoms with Gasteiger partial charge in [-0.1, -0.05) is 244 Å². The smallest absolute Gasteiger partial charge is 0.462 e. The van der Waals surface area contributed by atoms with Gasteiger partial charge >= 0.3 is 19.8 Å². The van der Waals surface area contributed by atoms with E-state index in [9.17, 15) is 19.0 Å². The zero-order valence-corrected chi connectivity index (χ0v) is 42.5. The molecule has 1 unspecified atom stereocenters. The number of rotatable bonds is 52. The Balaban J connectivity index is 3.97. The molecule has 0 saturated heterocycles. The maximum atomic E-state index is 12.7. The second kappa shape index (κ2) is 50.2. The monoisotopic (exact) mass is 914 g/mol. The normalized spacial score (nSPS) is 13.1. The summed E-state index contributed by atoms with van der Waals surface area (Å²) in [5.41, 5.74) is 5.37. The first-order valence-electron chi connectivity index (χ1n) is 27.2. The maximum Gasteiger partial charge on any atom is 0.472 e. The Hall–Kier alpha value is -1.25. The summed E-state index contributed by atoms with van der Waals surface area (Å²) >= 11 is 0. The Bertz CT molecular complexity index is 1040. The maximum absolute atomic E-state index is 12.7. The van der Waals surface area contributed by atoms with Crippen LogP contribution < -0.4 is 5.73 Å².